The van der Waals surface area contributed by atoms with Crippen LogP contribution < -0.4 is 11.1 Å². The van der Waals surface area contributed by atoms with E-state index in [0.717, 1.165) is 6.42 Å². The minimum atomic E-state index is -3.74. The largest absolute Gasteiger partial charge is 0.393 e. The zero-order valence-corrected chi connectivity index (χ0v) is 17.4. The highest BCUT2D eigenvalue weighted by atomic mass is 35.5. The summed E-state index contributed by atoms with van der Waals surface area (Å²) in [6.45, 7) is 0.677. The molecule has 28 heavy (non-hydrogen) atoms. The molecule has 1 saturated carbocycles. The lowest BCUT2D eigenvalue weighted by Crippen LogP contribution is -2.51. The predicted molar refractivity (Wildman–Crippen MR) is 107 cm³/mol. The van der Waals surface area contributed by atoms with E-state index in [4.69, 9.17) is 17.3 Å². The van der Waals surface area contributed by atoms with Gasteiger partial charge in [0.1, 0.15) is 0 Å². The minimum absolute atomic E-state index is 0.0375. The van der Waals surface area contributed by atoms with Gasteiger partial charge < -0.3 is 16.2 Å². The van der Waals surface area contributed by atoms with Gasteiger partial charge >= 0.3 is 0 Å². The zero-order valence-electron chi connectivity index (χ0n) is 15.8. The van der Waals surface area contributed by atoms with Crippen LogP contribution in [0.1, 0.15) is 44.1 Å². The van der Waals surface area contributed by atoms with Gasteiger partial charge in [-0.1, -0.05) is 17.7 Å². The number of aliphatic hydroxyl groups excluding tert-OH is 1. The van der Waals surface area contributed by atoms with Gasteiger partial charge in [0, 0.05) is 42.2 Å². The van der Waals surface area contributed by atoms with Gasteiger partial charge in [0.05, 0.1) is 11.0 Å². The molecule has 1 saturated heterocycles. The molecule has 0 aromatic heterocycles. The molecule has 0 unspecified atom stereocenters. The molecular weight excluding hydrogens is 402 g/mol. The molecular formula is C19H28ClN3O4S. The zero-order chi connectivity index (χ0) is 20.3. The van der Waals surface area contributed by atoms with Gasteiger partial charge in [-0.2, -0.15) is 4.31 Å². The van der Waals surface area contributed by atoms with Gasteiger partial charge in [-0.05, 0) is 50.7 Å². The lowest BCUT2D eigenvalue weighted by Gasteiger charge is -2.34. The van der Waals surface area contributed by atoms with Crippen molar-refractivity contribution in [3.05, 3.63) is 28.8 Å². The Morgan fingerprint density at radius 3 is 2.64 bits per heavy atom. The maximum absolute atomic E-state index is 13.2. The summed E-state index contributed by atoms with van der Waals surface area (Å²) < 4.78 is 27.7. The Kier molecular flexibility index (Phi) is 6.98. The third-order valence-corrected chi connectivity index (χ3v) is 8.00. The molecule has 2 fully saturated rings. The summed E-state index contributed by atoms with van der Waals surface area (Å²) in [6.07, 6.45) is 3.72. The number of benzene rings is 1. The number of halogens is 1. The van der Waals surface area contributed by atoms with Crippen LogP contribution in [0.25, 0.3) is 0 Å². The standard InChI is InChI=1S/C19H28ClN3O4S/c20-17-4-1-5-18(16(17)11-21)28(26,27)23-10-2-3-14(12-23)22-19(25)13-6-8-15(24)9-7-13/h1,4-5,13-15,24H,2-3,6-12,21H2,(H,22,25)/t13?,14-,15?/m0/s1. The molecule has 4 N–H and O–H groups in total. The molecule has 156 valence electrons. The monoisotopic (exact) mass is 429 g/mol. The molecule has 9 heteroatoms. The summed E-state index contributed by atoms with van der Waals surface area (Å²) in [5, 5.41) is 13.0. The molecule has 1 heterocycles. The van der Waals surface area contributed by atoms with Gasteiger partial charge in [0.2, 0.25) is 15.9 Å². The van der Waals surface area contributed by atoms with Crippen molar-refractivity contribution in [3.63, 3.8) is 0 Å². The van der Waals surface area contributed by atoms with E-state index in [1.807, 2.05) is 0 Å². The van der Waals surface area contributed by atoms with Crippen molar-refractivity contribution in [3.8, 4) is 0 Å². The second-order valence-electron chi connectivity index (χ2n) is 7.64. The van der Waals surface area contributed by atoms with Crippen LogP contribution in [0.2, 0.25) is 5.02 Å². The van der Waals surface area contributed by atoms with Crippen molar-refractivity contribution in [1.82, 2.24) is 9.62 Å². The first-order valence-electron chi connectivity index (χ1n) is 9.79. The summed E-state index contributed by atoms with van der Waals surface area (Å²) in [5.41, 5.74) is 6.13. The van der Waals surface area contributed by atoms with E-state index in [1.165, 1.54) is 10.4 Å². The molecule has 1 aliphatic carbocycles. The van der Waals surface area contributed by atoms with Crippen molar-refractivity contribution >= 4 is 27.5 Å². The molecule has 0 radical (unpaired) electrons. The topological polar surface area (TPSA) is 113 Å². The van der Waals surface area contributed by atoms with Gasteiger partial charge in [-0.25, -0.2) is 8.42 Å². The average molecular weight is 430 g/mol. The summed E-state index contributed by atoms with van der Waals surface area (Å²) in [6, 6.07) is 4.54. The van der Waals surface area contributed by atoms with Gasteiger partial charge in [0.15, 0.2) is 0 Å². The number of hydrogen-bond donors (Lipinski definition) is 3. The number of sulfonamides is 1. The summed E-state index contributed by atoms with van der Waals surface area (Å²) in [5.74, 6) is -0.145. The van der Waals surface area contributed by atoms with Crippen LogP contribution in [0, 0.1) is 5.92 Å². The molecule has 0 spiro atoms. The quantitative estimate of drug-likeness (QED) is 0.658. The van der Waals surface area contributed by atoms with Crippen LogP contribution >= 0.6 is 11.6 Å². The number of nitrogens with two attached hydrogens (primary N) is 1. The molecule has 1 atom stereocenters. The van der Waals surface area contributed by atoms with Crippen LogP contribution in [-0.2, 0) is 21.4 Å². The van der Waals surface area contributed by atoms with E-state index in [9.17, 15) is 18.3 Å². The summed E-state index contributed by atoms with van der Waals surface area (Å²) in [7, 11) is -3.74. The Morgan fingerprint density at radius 2 is 1.96 bits per heavy atom. The fraction of sp³-hybridized carbons (Fsp3) is 0.632. The predicted octanol–water partition coefficient (Wildman–Crippen LogP) is 1.62. The number of carbonyl (C=O) groups is 1. The van der Waals surface area contributed by atoms with Crippen LogP contribution in [0.15, 0.2) is 23.1 Å². The molecule has 3 rings (SSSR count). The molecule has 1 aliphatic heterocycles. The lowest BCUT2D eigenvalue weighted by atomic mass is 9.86. The Bertz CT molecular complexity index is 809. The number of rotatable bonds is 5. The Labute approximate surface area is 171 Å². The average Bonchev–Trinajstić information content (AvgIpc) is 2.68. The lowest BCUT2D eigenvalue weighted by molar-refractivity contribution is -0.127. The third-order valence-electron chi connectivity index (χ3n) is 5.70. The molecule has 7 nitrogen and oxygen atoms in total. The van der Waals surface area contributed by atoms with Gasteiger partial charge in [-0.15, -0.1) is 0 Å². The number of piperidine rings is 1. The number of nitrogens with zero attached hydrogens (tertiary/aromatic N) is 1. The first kappa shape index (κ1) is 21.5. The van der Waals surface area contributed by atoms with Crippen LogP contribution in [0.4, 0.5) is 0 Å². The Morgan fingerprint density at radius 1 is 1.25 bits per heavy atom. The van der Waals surface area contributed by atoms with E-state index in [-0.39, 0.29) is 42.0 Å². The number of nitrogens with one attached hydrogen (secondary N) is 1. The van der Waals surface area contributed by atoms with Crippen molar-refractivity contribution in [2.75, 3.05) is 13.1 Å². The van der Waals surface area contributed by atoms with E-state index < -0.39 is 10.0 Å². The number of carbonyl (C=O) groups excluding carboxylic acids is 1. The maximum Gasteiger partial charge on any atom is 0.243 e. The summed E-state index contributed by atoms with van der Waals surface area (Å²) >= 11 is 6.13. The molecule has 1 aromatic carbocycles. The number of aliphatic hydroxyl groups is 1. The van der Waals surface area contributed by atoms with Crippen LogP contribution in [0.3, 0.4) is 0 Å². The Hall–Kier alpha value is -1.19. The normalized spacial score (nSPS) is 26.8. The van der Waals surface area contributed by atoms with E-state index in [0.29, 0.717) is 49.2 Å². The SMILES string of the molecule is NCc1c(Cl)cccc1S(=O)(=O)N1CCC[C@H](NC(=O)C2CCC(O)CC2)C1. The van der Waals surface area contributed by atoms with Gasteiger partial charge in [-0.3, -0.25) is 4.79 Å². The highest BCUT2D eigenvalue weighted by Crippen LogP contribution is 2.29. The second-order valence-corrected chi connectivity index (χ2v) is 9.95. The van der Waals surface area contributed by atoms with Crippen molar-refractivity contribution < 1.29 is 18.3 Å². The summed E-state index contributed by atoms with van der Waals surface area (Å²) in [4.78, 5) is 12.7. The van der Waals surface area contributed by atoms with Crippen LogP contribution in [-0.4, -0.2) is 49.0 Å². The first-order chi connectivity index (χ1) is 13.3. The van der Waals surface area contributed by atoms with E-state index >= 15 is 0 Å². The fourth-order valence-electron chi connectivity index (χ4n) is 4.05. The molecule has 2 aliphatic rings. The van der Waals surface area contributed by atoms with Crippen LogP contribution in [0.5, 0.6) is 0 Å². The number of amides is 1. The minimum Gasteiger partial charge on any atom is -0.393 e. The third kappa shape index (κ3) is 4.68. The number of hydrogen-bond acceptors (Lipinski definition) is 5. The van der Waals surface area contributed by atoms with E-state index in [2.05, 4.69) is 5.32 Å². The highest BCUT2D eigenvalue weighted by molar-refractivity contribution is 7.89. The Balaban J connectivity index is 1.69. The smallest absolute Gasteiger partial charge is 0.243 e. The van der Waals surface area contributed by atoms with Crippen molar-refractivity contribution in [2.24, 2.45) is 11.7 Å². The van der Waals surface area contributed by atoms with Crippen molar-refractivity contribution in [2.45, 2.75) is 62.1 Å². The van der Waals surface area contributed by atoms with Gasteiger partial charge in [0.25, 0.3) is 0 Å². The molecule has 1 amide bonds. The highest BCUT2D eigenvalue weighted by Gasteiger charge is 2.34. The fourth-order valence-corrected chi connectivity index (χ4v) is 6.14. The first-order valence-corrected chi connectivity index (χ1v) is 11.6. The molecule has 0 bridgehead atoms. The molecule has 1 aromatic rings. The second kappa shape index (κ2) is 9.09. The van der Waals surface area contributed by atoms with Crippen molar-refractivity contribution in [1.29, 1.82) is 0 Å². The maximum atomic E-state index is 13.2. The van der Waals surface area contributed by atoms with E-state index in [1.54, 1.807) is 12.1 Å².